The Morgan fingerprint density at radius 1 is 1.53 bits per heavy atom. The van der Waals surface area contributed by atoms with E-state index in [-0.39, 0.29) is 17.6 Å². The minimum Gasteiger partial charge on any atom is -0.490 e. The van der Waals surface area contributed by atoms with Gasteiger partial charge in [0.2, 0.25) is 0 Å². The van der Waals surface area contributed by atoms with Crippen molar-refractivity contribution in [3.8, 4) is 5.75 Å². The number of carboxylic acid groups (broad SMARTS) is 1. The van der Waals surface area contributed by atoms with Crippen molar-refractivity contribution in [3.63, 3.8) is 0 Å². The van der Waals surface area contributed by atoms with Gasteiger partial charge >= 0.3 is 5.97 Å². The monoisotopic (exact) mass is 240 g/mol. The van der Waals surface area contributed by atoms with Crippen molar-refractivity contribution in [1.82, 2.24) is 0 Å². The number of unbranched alkanes of at least 4 members (excludes halogenated alkanes) is 1. The first-order valence-electron chi connectivity index (χ1n) is 5.25. The van der Waals surface area contributed by atoms with Crippen molar-refractivity contribution in [1.29, 1.82) is 0 Å². The number of carbonyl (C=O) groups excluding carboxylic acids is 1. The van der Waals surface area contributed by atoms with Gasteiger partial charge in [0.1, 0.15) is 0 Å². The Labute approximate surface area is 98.0 Å². The Morgan fingerprint density at radius 3 is 2.76 bits per heavy atom. The van der Waals surface area contributed by atoms with E-state index in [0.29, 0.717) is 6.61 Å². The van der Waals surface area contributed by atoms with Crippen LogP contribution in [0.2, 0.25) is 0 Å². The molecule has 0 bridgehead atoms. The van der Waals surface area contributed by atoms with Gasteiger partial charge in [0.05, 0.1) is 17.7 Å². The lowest BCUT2D eigenvalue weighted by Gasteiger charge is -2.09. The molecule has 0 saturated carbocycles. The second kappa shape index (κ2) is 5.98. The molecule has 0 unspecified atom stereocenters. The molecule has 0 aliphatic heterocycles. The molecule has 1 rings (SSSR count). The van der Waals surface area contributed by atoms with E-state index in [0.717, 1.165) is 18.9 Å². The van der Waals surface area contributed by atoms with Crippen molar-refractivity contribution >= 4 is 12.3 Å². The summed E-state index contributed by atoms with van der Waals surface area (Å²) in [6.45, 7) is 2.29. The fraction of sp³-hybridized carbons (Fsp3) is 0.333. The smallest absolute Gasteiger partial charge is 0.336 e. The number of rotatable bonds is 6. The Morgan fingerprint density at radius 2 is 2.24 bits per heavy atom. The first-order chi connectivity index (χ1) is 8.11. The molecule has 1 N–H and O–H groups in total. The molecule has 0 aromatic heterocycles. The summed E-state index contributed by atoms with van der Waals surface area (Å²) in [5.41, 5.74) is -0.841. The van der Waals surface area contributed by atoms with Crippen molar-refractivity contribution in [2.24, 2.45) is 0 Å². The van der Waals surface area contributed by atoms with E-state index in [2.05, 4.69) is 0 Å². The molecule has 4 nitrogen and oxygen atoms in total. The van der Waals surface area contributed by atoms with Crippen LogP contribution in [0.4, 0.5) is 4.39 Å². The third-order valence-corrected chi connectivity index (χ3v) is 2.25. The maximum absolute atomic E-state index is 13.7. The van der Waals surface area contributed by atoms with E-state index in [4.69, 9.17) is 9.84 Å². The Bertz CT molecular complexity index is 429. The summed E-state index contributed by atoms with van der Waals surface area (Å²) in [6.07, 6.45) is 1.84. The zero-order chi connectivity index (χ0) is 12.8. The van der Waals surface area contributed by atoms with E-state index in [1.165, 1.54) is 6.07 Å². The summed E-state index contributed by atoms with van der Waals surface area (Å²) < 4.78 is 18.8. The molecule has 0 fully saturated rings. The summed E-state index contributed by atoms with van der Waals surface area (Å²) in [7, 11) is 0. The van der Waals surface area contributed by atoms with E-state index in [9.17, 15) is 14.0 Å². The Balaban J connectivity index is 3.03. The van der Waals surface area contributed by atoms with Crippen molar-refractivity contribution in [2.75, 3.05) is 6.61 Å². The lowest BCUT2D eigenvalue weighted by atomic mass is 10.1. The lowest BCUT2D eigenvalue weighted by molar-refractivity contribution is 0.0693. The Kier molecular flexibility index (Phi) is 4.63. The summed E-state index contributed by atoms with van der Waals surface area (Å²) in [5, 5.41) is 8.76. The van der Waals surface area contributed by atoms with Gasteiger partial charge in [-0.15, -0.1) is 0 Å². The number of carbonyl (C=O) groups is 2. The predicted molar refractivity (Wildman–Crippen MR) is 59.1 cm³/mol. The second-order valence-electron chi connectivity index (χ2n) is 3.46. The molecular formula is C12H13FO4. The van der Waals surface area contributed by atoms with Crippen LogP contribution in [-0.2, 0) is 0 Å². The van der Waals surface area contributed by atoms with Crippen molar-refractivity contribution in [2.45, 2.75) is 19.8 Å². The van der Waals surface area contributed by atoms with Crippen LogP contribution in [0.5, 0.6) is 5.75 Å². The van der Waals surface area contributed by atoms with Crippen LogP contribution in [-0.4, -0.2) is 24.0 Å². The molecule has 0 atom stereocenters. The van der Waals surface area contributed by atoms with Crippen LogP contribution in [0.3, 0.4) is 0 Å². The molecule has 1 aromatic carbocycles. The van der Waals surface area contributed by atoms with Gasteiger partial charge in [0.25, 0.3) is 0 Å². The van der Waals surface area contributed by atoms with Crippen LogP contribution in [0.1, 0.15) is 40.5 Å². The average Bonchev–Trinajstić information content (AvgIpc) is 2.30. The number of ether oxygens (including phenoxy) is 1. The van der Waals surface area contributed by atoms with Gasteiger partial charge in [0, 0.05) is 0 Å². The summed E-state index contributed by atoms with van der Waals surface area (Å²) in [6, 6.07) is 2.39. The minimum absolute atomic E-state index is 0.0921. The summed E-state index contributed by atoms with van der Waals surface area (Å²) in [5.74, 6) is -2.35. The SMILES string of the molecule is CCCCOc1ccc(C(=O)O)c(C=O)c1F. The molecule has 17 heavy (non-hydrogen) atoms. The van der Waals surface area contributed by atoms with Gasteiger partial charge in [-0.3, -0.25) is 4.79 Å². The van der Waals surface area contributed by atoms with Gasteiger partial charge in [-0.05, 0) is 18.6 Å². The van der Waals surface area contributed by atoms with Crippen molar-refractivity contribution in [3.05, 3.63) is 29.1 Å². The highest BCUT2D eigenvalue weighted by Crippen LogP contribution is 2.23. The fourth-order valence-electron chi connectivity index (χ4n) is 1.31. The molecule has 92 valence electrons. The number of hydrogen-bond donors (Lipinski definition) is 1. The van der Waals surface area contributed by atoms with Crippen LogP contribution >= 0.6 is 0 Å². The standard InChI is InChI=1S/C12H13FO4/c1-2-3-6-17-10-5-4-8(12(15)16)9(7-14)11(10)13/h4-5,7H,2-3,6H2,1H3,(H,15,16). The third-order valence-electron chi connectivity index (χ3n) is 2.25. The van der Waals surface area contributed by atoms with Gasteiger partial charge in [-0.25, -0.2) is 9.18 Å². The van der Waals surface area contributed by atoms with E-state index in [1.807, 2.05) is 6.92 Å². The van der Waals surface area contributed by atoms with Gasteiger partial charge in [-0.2, -0.15) is 0 Å². The van der Waals surface area contributed by atoms with Gasteiger partial charge < -0.3 is 9.84 Å². The van der Waals surface area contributed by atoms with Crippen molar-refractivity contribution < 1.29 is 23.8 Å². The number of carboxylic acids is 1. The highest BCUT2D eigenvalue weighted by Gasteiger charge is 2.18. The van der Waals surface area contributed by atoms with Crippen LogP contribution in [0, 0.1) is 5.82 Å². The normalized spacial score (nSPS) is 10.0. The molecular weight excluding hydrogens is 227 g/mol. The maximum atomic E-state index is 13.7. The van der Waals surface area contributed by atoms with Gasteiger partial charge in [-0.1, -0.05) is 13.3 Å². The molecule has 0 aliphatic carbocycles. The number of aromatic carboxylic acids is 1. The highest BCUT2D eigenvalue weighted by molar-refractivity contribution is 5.97. The molecule has 0 amide bonds. The quantitative estimate of drug-likeness (QED) is 0.613. The summed E-state index contributed by atoms with van der Waals surface area (Å²) >= 11 is 0. The van der Waals surface area contributed by atoms with Gasteiger partial charge in [0.15, 0.2) is 17.9 Å². The van der Waals surface area contributed by atoms with E-state index < -0.39 is 17.3 Å². The molecule has 1 aromatic rings. The number of aldehydes is 1. The minimum atomic E-state index is -1.34. The molecule has 0 spiro atoms. The molecule has 5 heteroatoms. The number of benzene rings is 1. The fourth-order valence-corrected chi connectivity index (χ4v) is 1.31. The highest BCUT2D eigenvalue weighted by atomic mass is 19.1. The number of halogens is 1. The predicted octanol–water partition coefficient (Wildman–Crippen LogP) is 2.52. The lowest BCUT2D eigenvalue weighted by Crippen LogP contribution is -2.07. The maximum Gasteiger partial charge on any atom is 0.336 e. The third kappa shape index (κ3) is 3.03. The number of hydrogen-bond acceptors (Lipinski definition) is 3. The first kappa shape index (κ1) is 13.2. The zero-order valence-corrected chi connectivity index (χ0v) is 9.40. The Hall–Kier alpha value is -1.91. The van der Waals surface area contributed by atoms with Crippen LogP contribution in [0.15, 0.2) is 12.1 Å². The van der Waals surface area contributed by atoms with E-state index in [1.54, 1.807) is 0 Å². The average molecular weight is 240 g/mol. The molecule has 0 heterocycles. The molecule has 0 radical (unpaired) electrons. The largest absolute Gasteiger partial charge is 0.490 e. The zero-order valence-electron chi connectivity index (χ0n) is 9.40. The van der Waals surface area contributed by atoms with E-state index >= 15 is 0 Å². The van der Waals surface area contributed by atoms with Crippen LogP contribution in [0.25, 0.3) is 0 Å². The van der Waals surface area contributed by atoms with Crippen LogP contribution < -0.4 is 4.74 Å². The molecule has 0 aliphatic rings. The first-order valence-corrected chi connectivity index (χ1v) is 5.25. The second-order valence-corrected chi connectivity index (χ2v) is 3.46. The molecule has 0 saturated heterocycles. The topological polar surface area (TPSA) is 63.6 Å². The summed E-state index contributed by atoms with van der Waals surface area (Å²) in [4.78, 5) is 21.4.